The minimum Gasteiger partial charge on any atom is -0.487 e. The highest BCUT2D eigenvalue weighted by atomic mass is 32.1. The van der Waals surface area contributed by atoms with Crippen molar-refractivity contribution in [1.82, 2.24) is 0 Å². The van der Waals surface area contributed by atoms with Crippen LogP contribution in [0.15, 0.2) is 48.5 Å². The van der Waals surface area contributed by atoms with Crippen LogP contribution in [-0.2, 0) is 9.53 Å². The lowest BCUT2D eigenvalue weighted by Gasteiger charge is -2.26. The third-order valence-electron chi connectivity index (χ3n) is 4.92. The largest absolute Gasteiger partial charge is 0.487 e. The van der Waals surface area contributed by atoms with Gasteiger partial charge < -0.3 is 14.8 Å². The number of thiophene rings is 1. The highest BCUT2D eigenvalue weighted by Crippen LogP contribution is 2.40. The van der Waals surface area contributed by atoms with E-state index in [-0.39, 0.29) is 27.6 Å². The number of anilines is 2. The Balaban J connectivity index is 2.04. The first-order valence-corrected chi connectivity index (χ1v) is 12.9. The molecule has 0 unspecified atom stereocenters. The second kappa shape index (κ2) is 11.7. The highest BCUT2D eigenvalue weighted by Gasteiger charge is 2.24. The van der Waals surface area contributed by atoms with E-state index in [0.29, 0.717) is 10.4 Å². The molecule has 10 heteroatoms. The third-order valence-corrected chi connectivity index (χ3v) is 5.95. The lowest BCUT2D eigenvalue weighted by atomic mass is 10.0. The number of nitriles is 1. The van der Waals surface area contributed by atoms with E-state index in [0.717, 1.165) is 11.3 Å². The maximum absolute atomic E-state index is 14.9. The molecule has 0 saturated heterocycles. The summed E-state index contributed by atoms with van der Waals surface area (Å²) in [6.07, 6.45) is -1.29. The van der Waals surface area contributed by atoms with E-state index in [1.807, 2.05) is 26.8 Å². The molecule has 3 rings (SSSR count). The number of amides is 2. The van der Waals surface area contributed by atoms with Crippen LogP contribution in [0.2, 0.25) is 0 Å². The van der Waals surface area contributed by atoms with E-state index >= 15 is 0 Å². The fourth-order valence-electron chi connectivity index (χ4n) is 3.48. The zero-order valence-electron chi connectivity index (χ0n) is 22.6. The molecule has 0 fully saturated rings. The second-order valence-electron chi connectivity index (χ2n) is 10.6. The van der Waals surface area contributed by atoms with Gasteiger partial charge >= 0.3 is 6.09 Å². The minimum absolute atomic E-state index is 0.113. The van der Waals surface area contributed by atoms with Crippen molar-refractivity contribution in [2.45, 2.75) is 59.2 Å². The van der Waals surface area contributed by atoms with Crippen LogP contribution in [0.3, 0.4) is 0 Å². The number of halogens is 1. The number of nitrogens with zero attached hydrogens (tertiary/aromatic N) is 1. The summed E-state index contributed by atoms with van der Waals surface area (Å²) in [5, 5.41) is 14.3. The Morgan fingerprint density at radius 3 is 2.18 bits per heavy atom. The molecular weight excluding hydrogens is 521 g/mol. The van der Waals surface area contributed by atoms with E-state index < -0.39 is 41.2 Å². The van der Waals surface area contributed by atoms with Gasteiger partial charge in [-0.3, -0.25) is 14.9 Å². The topological polar surface area (TPSA) is 118 Å². The lowest BCUT2D eigenvalue weighted by Crippen LogP contribution is -2.28. The quantitative estimate of drug-likeness (QED) is 0.238. The normalized spacial score (nSPS) is 11.3. The Bertz CT molecular complexity index is 1440. The molecule has 2 N–H and O–H groups in total. The van der Waals surface area contributed by atoms with E-state index in [1.54, 1.807) is 39.0 Å². The van der Waals surface area contributed by atoms with E-state index in [4.69, 9.17) is 14.7 Å². The summed E-state index contributed by atoms with van der Waals surface area (Å²) in [5.74, 6) is -1.39. The number of carbonyl (C=O) groups excluding carboxylic acids is 3. The Hall–Kier alpha value is -4.23. The summed E-state index contributed by atoms with van der Waals surface area (Å²) in [5.41, 5.74) is -0.676. The predicted octanol–water partition coefficient (Wildman–Crippen LogP) is 7.16. The molecule has 0 spiro atoms. The Labute approximate surface area is 230 Å². The zero-order chi connectivity index (χ0) is 29.0. The molecule has 0 aliphatic rings. The molecule has 1 heterocycles. The van der Waals surface area contributed by atoms with E-state index in [2.05, 4.69) is 10.6 Å². The van der Waals surface area contributed by atoms with E-state index in [9.17, 15) is 18.8 Å². The maximum atomic E-state index is 14.9. The lowest BCUT2D eigenvalue weighted by molar-refractivity contribution is -0.115. The van der Waals surface area contributed by atoms with E-state index in [1.165, 1.54) is 30.3 Å². The van der Waals surface area contributed by atoms with Gasteiger partial charge in [0.15, 0.2) is 5.78 Å². The average Bonchev–Trinajstić information content (AvgIpc) is 3.28. The van der Waals surface area contributed by atoms with Gasteiger partial charge in [0, 0.05) is 17.2 Å². The van der Waals surface area contributed by atoms with Gasteiger partial charge in [-0.2, -0.15) is 5.26 Å². The summed E-state index contributed by atoms with van der Waals surface area (Å²) in [6, 6.07) is 14.0. The van der Waals surface area contributed by atoms with Crippen molar-refractivity contribution >= 4 is 40.5 Å². The fraction of sp³-hybridized carbons (Fsp3) is 0.310. The molecule has 2 amide bonds. The monoisotopic (exact) mass is 551 g/mol. The SMILES string of the molecule is CC(C)(C)OC(=O)Nc1cc(OC(C)(C)C)c(-c2ccccc2F)cc1NC(=O)CC(=O)c1ccc(C#N)s1. The summed E-state index contributed by atoms with van der Waals surface area (Å²) in [4.78, 5) is 38.8. The molecule has 0 aliphatic heterocycles. The standard InChI is InChI=1S/C29H30FN3O5S/c1-28(2,3)37-24-14-22(33-27(36)38-29(4,5)6)21(13-19(24)18-9-7-8-10-20(18)30)32-26(35)15-23(34)25-12-11-17(16-31)39-25/h7-14H,15H2,1-6H3,(H,32,35)(H,33,36). The first-order chi connectivity index (χ1) is 18.1. The summed E-state index contributed by atoms with van der Waals surface area (Å²) in [6.45, 7) is 10.6. The van der Waals surface area contributed by atoms with Crippen molar-refractivity contribution in [2.24, 2.45) is 0 Å². The number of ketones is 1. The molecule has 3 aromatic rings. The van der Waals surface area contributed by atoms with Gasteiger partial charge in [0.25, 0.3) is 0 Å². The van der Waals surface area contributed by atoms with Crippen LogP contribution in [0.5, 0.6) is 5.75 Å². The maximum Gasteiger partial charge on any atom is 0.412 e. The number of ether oxygens (including phenoxy) is 2. The van der Waals surface area contributed by atoms with Crippen LogP contribution < -0.4 is 15.4 Å². The molecule has 204 valence electrons. The van der Waals surface area contributed by atoms with Crippen LogP contribution >= 0.6 is 11.3 Å². The fourth-order valence-corrected chi connectivity index (χ4v) is 4.22. The van der Waals surface area contributed by atoms with Gasteiger partial charge in [-0.15, -0.1) is 11.3 Å². The Kier molecular flexibility index (Phi) is 8.77. The molecule has 0 radical (unpaired) electrons. The van der Waals surface area contributed by atoms with Crippen LogP contribution in [-0.4, -0.2) is 29.0 Å². The van der Waals surface area contributed by atoms with Crippen LogP contribution in [0.25, 0.3) is 11.1 Å². The third kappa shape index (κ3) is 8.38. The van der Waals surface area contributed by atoms with Gasteiger partial charge in [-0.25, -0.2) is 9.18 Å². The summed E-state index contributed by atoms with van der Waals surface area (Å²) < 4.78 is 26.4. The molecule has 0 bridgehead atoms. The van der Waals surface area contributed by atoms with Crippen molar-refractivity contribution in [3.05, 3.63) is 64.1 Å². The molecule has 1 aromatic heterocycles. The Morgan fingerprint density at radius 2 is 1.59 bits per heavy atom. The molecule has 0 aliphatic carbocycles. The average molecular weight is 552 g/mol. The molecule has 0 atom stereocenters. The molecule has 0 saturated carbocycles. The van der Waals surface area contributed by atoms with Crippen LogP contribution in [0.1, 0.15) is 62.5 Å². The van der Waals surface area contributed by atoms with Gasteiger partial charge in [0.05, 0.1) is 22.7 Å². The van der Waals surface area contributed by atoms with Gasteiger partial charge in [0.2, 0.25) is 5.91 Å². The van der Waals surface area contributed by atoms with Crippen molar-refractivity contribution < 1.29 is 28.2 Å². The minimum atomic E-state index is -0.791. The number of hydrogen-bond donors (Lipinski definition) is 2. The highest BCUT2D eigenvalue weighted by molar-refractivity contribution is 7.14. The van der Waals surface area contributed by atoms with Crippen molar-refractivity contribution in [3.8, 4) is 22.9 Å². The van der Waals surface area contributed by atoms with Gasteiger partial charge in [0.1, 0.15) is 33.7 Å². The summed E-state index contributed by atoms with van der Waals surface area (Å²) in [7, 11) is 0. The molecule has 2 aromatic carbocycles. The number of benzene rings is 2. The smallest absolute Gasteiger partial charge is 0.412 e. The molecular formula is C29H30FN3O5S. The van der Waals surface area contributed by atoms with Crippen molar-refractivity contribution in [1.29, 1.82) is 5.26 Å². The van der Waals surface area contributed by atoms with Crippen LogP contribution in [0.4, 0.5) is 20.6 Å². The second-order valence-corrected chi connectivity index (χ2v) is 11.7. The first kappa shape index (κ1) is 29.3. The number of carbonyl (C=O) groups is 3. The number of nitrogens with one attached hydrogen (secondary N) is 2. The number of hydrogen-bond acceptors (Lipinski definition) is 7. The van der Waals surface area contributed by atoms with Gasteiger partial charge in [-0.05, 0) is 65.8 Å². The van der Waals surface area contributed by atoms with Crippen LogP contribution in [0, 0.1) is 17.1 Å². The van der Waals surface area contributed by atoms with Crippen molar-refractivity contribution in [2.75, 3.05) is 10.6 Å². The first-order valence-electron chi connectivity index (χ1n) is 12.1. The summed E-state index contributed by atoms with van der Waals surface area (Å²) >= 11 is 0.992. The molecule has 39 heavy (non-hydrogen) atoms. The van der Waals surface area contributed by atoms with Crippen molar-refractivity contribution in [3.63, 3.8) is 0 Å². The Morgan fingerprint density at radius 1 is 0.923 bits per heavy atom. The zero-order valence-corrected chi connectivity index (χ0v) is 23.4. The predicted molar refractivity (Wildman–Crippen MR) is 149 cm³/mol. The number of rotatable bonds is 7. The number of Topliss-reactive ketones (excluding diaryl/α,β-unsaturated/α-hetero) is 1. The molecule has 8 nitrogen and oxygen atoms in total. The van der Waals surface area contributed by atoms with Gasteiger partial charge in [-0.1, -0.05) is 18.2 Å².